The first-order valence-corrected chi connectivity index (χ1v) is 10.2. The number of imidazole rings is 1. The van der Waals surface area contributed by atoms with Crippen molar-refractivity contribution >= 4 is 22.9 Å². The molecule has 27 heavy (non-hydrogen) atoms. The summed E-state index contributed by atoms with van der Waals surface area (Å²) in [6.45, 7) is 2.83. The molecule has 1 aliphatic heterocycles. The van der Waals surface area contributed by atoms with Crippen molar-refractivity contribution in [2.24, 2.45) is 5.92 Å². The number of amides is 1. The first kappa shape index (κ1) is 18.2. The van der Waals surface area contributed by atoms with Crippen molar-refractivity contribution in [1.82, 2.24) is 29.7 Å². The first-order valence-electron chi connectivity index (χ1n) is 10.2. The highest BCUT2D eigenvalue weighted by molar-refractivity contribution is 5.81. The van der Waals surface area contributed by atoms with Gasteiger partial charge in [-0.3, -0.25) is 9.69 Å². The summed E-state index contributed by atoms with van der Waals surface area (Å²) in [6.07, 6.45) is 12.4. The molecule has 8 nitrogen and oxygen atoms in total. The zero-order valence-corrected chi connectivity index (χ0v) is 15.8. The summed E-state index contributed by atoms with van der Waals surface area (Å²) in [5.41, 5.74) is 7.30. The highest BCUT2D eigenvalue weighted by Crippen LogP contribution is 2.25. The fraction of sp³-hybridized carbons (Fsp3) is 0.684. The van der Waals surface area contributed by atoms with E-state index in [4.69, 9.17) is 5.73 Å². The van der Waals surface area contributed by atoms with Gasteiger partial charge in [-0.1, -0.05) is 12.8 Å². The standard InChI is InChI=1S/C19H29N7O/c20-17-16-18(22-12-21-17)26(13-23-16)11-5-10-25-9-4-3-8-15(25)24-19(27)14-6-1-2-7-14/h12-15H,1-11H2,(H,24,27)(H2,20,21,22). The maximum atomic E-state index is 12.5. The molecular weight excluding hydrogens is 342 g/mol. The number of aryl methyl sites for hydroxylation is 1. The molecule has 0 aromatic carbocycles. The number of fused-ring (bicyclic) bond motifs is 1. The number of nitrogens with two attached hydrogens (primary N) is 1. The van der Waals surface area contributed by atoms with Crippen LogP contribution in [0.2, 0.25) is 0 Å². The molecule has 0 radical (unpaired) electrons. The van der Waals surface area contributed by atoms with Gasteiger partial charge in [0, 0.05) is 25.6 Å². The van der Waals surface area contributed by atoms with Gasteiger partial charge in [0.25, 0.3) is 0 Å². The molecule has 146 valence electrons. The smallest absolute Gasteiger partial charge is 0.224 e. The number of aromatic nitrogens is 4. The van der Waals surface area contributed by atoms with E-state index in [-0.39, 0.29) is 18.0 Å². The summed E-state index contributed by atoms with van der Waals surface area (Å²) < 4.78 is 2.03. The number of likely N-dealkylation sites (tertiary alicyclic amines) is 1. The van der Waals surface area contributed by atoms with E-state index in [0.29, 0.717) is 11.3 Å². The van der Waals surface area contributed by atoms with E-state index in [1.54, 1.807) is 6.33 Å². The van der Waals surface area contributed by atoms with E-state index in [1.165, 1.54) is 32.0 Å². The lowest BCUT2D eigenvalue weighted by Crippen LogP contribution is -2.52. The van der Waals surface area contributed by atoms with Gasteiger partial charge < -0.3 is 15.6 Å². The van der Waals surface area contributed by atoms with E-state index in [2.05, 4.69) is 25.2 Å². The van der Waals surface area contributed by atoms with Crippen LogP contribution in [-0.2, 0) is 11.3 Å². The Kier molecular flexibility index (Phi) is 5.52. The van der Waals surface area contributed by atoms with Crippen molar-refractivity contribution in [2.75, 3.05) is 18.8 Å². The Morgan fingerprint density at radius 3 is 2.78 bits per heavy atom. The van der Waals surface area contributed by atoms with Gasteiger partial charge in [-0.25, -0.2) is 15.0 Å². The molecule has 2 aromatic heterocycles. The number of carbonyl (C=O) groups is 1. The Morgan fingerprint density at radius 2 is 1.93 bits per heavy atom. The average Bonchev–Trinajstić information content (AvgIpc) is 3.34. The van der Waals surface area contributed by atoms with Crippen molar-refractivity contribution in [3.8, 4) is 0 Å². The fourth-order valence-corrected chi connectivity index (χ4v) is 4.40. The van der Waals surface area contributed by atoms with Crippen LogP contribution >= 0.6 is 0 Å². The number of nitrogens with zero attached hydrogens (tertiary/aromatic N) is 5. The molecule has 1 saturated heterocycles. The molecule has 3 N–H and O–H groups in total. The van der Waals surface area contributed by atoms with E-state index >= 15 is 0 Å². The van der Waals surface area contributed by atoms with Gasteiger partial charge in [0.2, 0.25) is 5.91 Å². The Hall–Kier alpha value is -2.22. The minimum Gasteiger partial charge on any atom is -0.382 e. The number of piperidine rings is 1. The van der Waals surface area contributed by atoms with Crippen molar-refractivity contribution < 1.29 is 4.79 Å². The van der Waals surface area contributed by atoms with Gasteiger partial charge in [-0.2, -0.15) is 0 Å². The summed E-state index contributed by atoms with van der Waals surface area (Å²) in [7, 11) is 0. The van der Waals surface area contributed by atoms with Crippen LogP contribution in [0.25, 0.3) is 11.2 Å². The predicted octanol–water partition coefficient (Wildman–Crippen LogP) is 1.92. The average molecular weight is 371 g/mol. The quantitative estimate of drug-likeness (QED) is 0.804. The molecule has 1 unspecified atom stereocenters. The number of hydrogen-bond acceptors (Lipinski definition) is 6. The summed E-state index contributed by atoms with van der Waals surface area (Å²) >= 11 is 0. The molecule has 0 spiro atoms. The second-order valence-corrected chi connectivity index (χ2v) is 7.76. The second-order valence-electron chi connectivity index (χ2n) is 7.76. The fourth-order valence-electron chi connectivity index (χ4n) is 4.40. The molecule has 0 bridgehead atoms. The maximum Gasteiger partial charge on any atom is 0.224 e. The molecule has 2 aromatic rings. The van der Waals surface area contributed by atoms with E-state index in [1.807, 2.05) is 4.57 Å². The summed E-state index contributed by atoms with van der Waals surface area (Å²) in [5, 5.41) is 3.32. The third-order valence-corrected chi connectivity index (χ3v) is 5.92. The normalized spacial score (nSPS) is 21.7. The number of carbonyl (C=O) groups excluding carboxylic acids is 1. The van der Waals surface area contributed by atoms with Crippen LogP contribution in [0.1, 0.15) is 51.4 Å². The van der Waals surface area contributed by atoms with Gasteiger partial charge >= 0.3 is 0 Å². The first-order chi connectivity index (χ1) is 13.2. The number of anilines is 1. The Balaban J connectivity index is 1.32. The SMILES string of the molecule is Nc1ncnc2c1ncn2CCCN1CCCCC1NC(=O)C1CCCC1. The van der Waals surface area contributed by atoms with Gasteiger partial charge in [0.15, 0.2) is 11.5 Å². The number of hydrogen-bond donors (Lipinski definition) is 2. The van der Waals surface area contributed by atoms with E-state index in [9.17, 15) is 4.79 Å². The monoisotopic (exact) mass is 371 g/mol. The van der Waals surface area contributed by atoms with Crippen LogP contribution in [0.5, 0.6) is 0 Å². The lowest BCUT2D eigenvalue weighted by molar-refractivity contribution is -0.127. The molecule has 8 heteroatoms. The Labute approximate surface area is 159 Å². The van der Waals surface area contributed by atoms with Crippen molar-refractivity contribution in [2.45, 2.75) is 64.1 Å². The summed E-state index contributed by atoms with van der Waals surface area (Å²) in [6, 6.07) is 0. The highest BCUT2D eigenvalue weighted by atomic mass is 16.2. The van der Waals surface area contributed by atoms with Crippen molar-refractivity contribution in [1.29, 1.82) is 0 Å². The van der Waals surface area contributed by atoms with E-state index < -0.39 is 0 Å². The zero-order chi connectivity index (χ0) is 18.6. The molecular formula is C19H29N7O. The van der Waals surface area contributed by atoms with Crippen LogP contribution in [0.3, 0.4) is 0 Å². The third kappa shape index (κ3) is 4.05. The second kappa shape index (κ2) is 8.21. The van der Waals surface area contributed by atoms with Crippen molar-refractivity contribution in [3.05, 3.63) is 12.7 Å². The number of nitrogens with one attached hydrogen (secondary N) is 1. The minimum atomic E-state index is 0.185. The molecule has 4 rings (SSSR count). The number of nitrogen functional groups attached to an aromatic ring is 1. The Bertz CT molecular complexity index is 783. The van der Waals surface area contributed by atoms with Crippen LogP contribution in [0.15, 0.2) is 12.7 Å². The molecule has 3 heterocycles. The highest BCUT2D eigenvalue weighted by Gasteiger charge is 2.28. The summed E-state index contributed by atoms with van der Waals surface area (Å²) in [5.74, 6) is 0.915. The van der Waals surface area contributed by atoms with Crippen molar-refractivity contribution in [3.63, 3.8) is 0 Å². The lowest BCUT2D eigenvalue weighted by atomic mass is 10.0. The molecule has 1 saturated carbocycles. The van der Waals surface area contributed by atoms with Gasteiger partial charge in [0.05, 0.1) is 12.5 Å². The molecule has 2 aliphatic rings. The molecule has 1 atom stereocenters. The van der Waals surface area contributed by atoms with Gasteiger partial charge in [0.1, 0.15) is 11.8 Å². The summed E-state index contributed by atoms with van der Waals surface area (Å²) in [4.78, 5) is 27.6. The largest absolute Gasteiger partial charge is 0.382 e. The molecule has 2 fully saturated rings. The molecule has 1 amide bonds. The number of rotatable bonds is 6. The minimum absolute atomic E-state index is 0.185. The Morgan fingerprint density at radius 1 is 1.11 bits per heavy atom. The lowest BCUT2D eigenvalue weighted by Gasteiger charge is -2.36. The zero-order valence-electron chi connectivity index (χ0n) is 15.8. The van der Waals surface area contributed by atoms with Crippen LogP contribution in [0, 0.1) is 5.92 Å². The van der Waals surface area contributed by atoms with Gasteiger partial charge in [-0.15, -0.1) is 0 Å². The third-order valence-electron chi connectivity index (χ3n) is 5.92. The van der Waals surface area contributed by atoms with Crippen LogP contribution in [0.4, 0.5) is 5.82 Å². The van der Waals surface area contributed by atoms with E-state index in [0.717, 1.165) is 51.0 Å². The van der Waals surface area contributed by atoms with Gasteiger partial charge in [-0.05, 0) is 38.5 Å². The molecule has 1 aliphatic carbocycles. The topological polar surface area (TPSA) is 102 Å². The van der Waals surface area contributed by atoms with Crippen LogP contribution in [-0.4, -0.2) is 49.6 Å². The maximum absolute atomic E-state index is 12.5. The predicted molar refractivity (Wildman–Crippen MR) is 104 cm³/mol. The van der Waals surface area contributed by atoms with Crippen LogP contribution < -0.4 is 11.1 Å².